The molecular weight excluding hydrogens is 1670 g/mol. The number of carbonyl (C=O) groups excluding carboxylic acids is 2. The van der Waals surface area contributed by atoms with Gasteiger partial charge in [0, 0.05) is 11.1 Å². The minimum Gasteiger partial charge on any atom is -0.490 e. The van der Waals surface area contributed by atoms with Crippen molar-refractivity contribution in [3.63, 3.8) is 0 Å². The van der Waals surface area contributed by atoms with Crippen molar-refractivity contribution in [2.24, 2.45) is 0 Å². The fourth-order valence-corrected chi connectivity index (χ4v) is 20.1. The second-order valence-corrected chi connectivity index (χ2v) is 40.7. The quantitative estimate of drug-likeness (QED) is 0.0204. The minimum atomic E-state index is -0.478. The Morgan fingerprint density at radius 3 is 0.583 bits per heavy atom. The Kier molecular flexibility index (Phi) is 65.4. The van der Waals surface area contributed by atoms with Crippen LogP contribution in [0.1, 0.15) is 525 Å². The lowest BCUT2D eigenvalue weighted by Gasteiger charge is -2.19. The van der Waals surface area contributed by atoms with E-state index in [0.29, 0.717) is 96.8 Å². The van der Waals surface area contributed by atoms with E-state index in [9.17, 15) is 9.59 Å². The summed E-state index contributed by atoms with van der Waals surface area (Å²) in [5, 5.41) is 1.72. The van der Waals surface area contributed by atoms with E-state index in [0.717, 1.165) is 119 Å². The van der Waals surface area contributed by atoms with Gasteiger partial charge in [-0.3, -0.25) is 0 Å². The standard InChI is InChI=1S/C118H188N2O10S2/c1-7-13-19-25-31-37-43-49-55-61-67-73-87-123-107-93-101(94-108(124-88-74-68-62-56-50-44-38-32-26-20-14-8-2)113(107)127-91-77-71-65-59-53-47-41-35-29-23-17-11-5)117(121)129-103-83-79-99(80-84-103)115-119-105-97-112-106(98-111(105)131-115)120-116(132-112)100-81-85-104(86-82-100)130-118(122)102-95-109(125-89-75-69-63-57-51-45-39-33-27-21-15-9-3)114(128-92-78-72-66-60-54-48-42-36-30-24-18-12-6)110(96-102)126-90-76-70-64-58-52-46-40-34-28-22-16-10-4/h79-86,93-98H,7-78,87-92H2,1-6H3. The molecule has 2 aromatic heterocycles. The Balaban J connectivity index is 1.01. The summed E-state index contributed by atoms with van der Waals surface area (Å²) in [7, 11) is 0. The van der Waals surface area contributed by atoms with Crippen molar-refractivity contribution in [3.05, 3.63) is 96.1 Å². The Hall–Kier alpha value is -6.38. The molecule has 7 aromatic rings. The number of esters is 2. The zero-order chi connectivity index (χ0) is 93.1. The van der Waals surface area contributed by atoms with Gasteiger partial charge in [-0.1, -0.05) is 465 Å². The largest absolute Gasteiger partial charge is 0.490 e. The van der Waals surface area contributed by atoms with Gasteiger partial charge in [-0.15, -0.1) is 22.7 Å². The molecule has 0 aliphatic heterocycles. The molecule has 0 spiro atoms. The van der Waals surface area contributed by atoms with Gasteiger partial charge in [-0.25, -0.2) is 19.6 Å². The van der Waals surface area contributed by atoms with Crippen LogP contribution in [-0.2, 0) is 0 Å². The summed E-state index contributed by atoms with van der Waals surface area (Å²) in [6.07, 6.45) is 91.5. The SMILES string of the molecule is CCCCCCCCCCCCCCOc1cc(C(=O)Oc2ccc(-c3nc4cc5sc(-c6ccc(OC(=O)c7cc(OCCCCCCCCCCCCCC)c(OCCCCCCCCCCCCCC)c(OCCCCCCCCCCCCCC)c7)cc6)nc5cc4s3)cc2)cc(OCCCCCCCCCCCCCC)c1OCCCCCCCCCCCCCC. The van der Waals surface area contributed by atoms with Gasteiger partial charge < -0.3 is 37.9 Å². The highest BCUT2D eigenvalue weighted by Gasteiger charge is 2.24. The third kappa shape index (κ3) is 50.6. The van der Waals surface area contributed by atoms with Crippen molar-refractivity contribution in [1.82, 2.24) is 9.97 Å². The molecule has 742 valence electrons. The number of unbranched alkanes of at least 4 members (excludes halogenated alkanes) is 66. The van der Waals surface area contributed by atoms with Crippen LogP contribution in [0.4, 0.5) is 0 Å². The van der Waals surface area contributed by atoms with Gasteiger partial charge in [0.1, 0.15) is 21.5 Å². The molecule has 0 aliphatic rings. The fourth-order valence-electron chi connectivity index (χ4n) is 18.1. The second kappa shape index (κ2) is 76.7. The highest BCUT2D eigenvalue weighted by Crippen LogP contribution is 2.44. The maximum absolute atomic E-state index is 14.5. The molecule has 2 heterocycles. The summed E-state index contributed by atoms with van der Waals surface area (Å²) in [5.41, 5.74) is 4.37. The maximum Gasteiger partial charge on any atom is 0.343 e. The zero-order valence-electron chi connectivity index (χ0n) is 85.0. The summed E-state index contributed by atoms with van der Waals surface area (Å²) in [5.74, 6) is 3.30. The summed E-state index contributed by atoms with van der Waals surface area (Å²) in [6, 6.07) is 26.9. The second-order valence-electron chi connectivity index (χ2n) is 38.7. The first-order valence-corrected chi connectivity index (χ1v) is 57.4. The lowest BCUT2D eigenvalue weighted by atomic mass is 10.1. The van der Waals surface area contributed by atoms with Gasteiger partial charge in [0.05, 0.1) is 71.2 Å². The molecule has 0 saturated heterocycles. The number of hydrogen-bond donors (Lipinski definition) is 0. The molecule has 0 atom stereocenters. The molecule has 12 nitrogen and oxygen atoms in total. The monoisotopic (exact) mass is 1860 g/mol. The van der Waals surface area contributed by atoms with Gasteiger partial charge in [0.2, 0.25) is 11.5 Å². The third-order valence-electron chi connectivity index (χ3n) is 26.5. The van der Waals surface area contributed by atoms with Gasteiger partial charge in [-0.2, -0.15) is 0 Å². The Morgan fingerprint density at radius 2 is 0.394 bits per heavy atom. The van der Waals surface area contributed by atoms with Crippen molar-refractivity contribution >= 4 is 55.0 Å². The van der Waals surface area contributed by atoms with Gasteiger partial charge in [0.25, 0.3) is 0 Å². The smallest absolute Gasteiger partial charge is 0.343 e. The van der Waals surface area contributed by atoms with Crippen LogP contribution < -0.4 is 37.9 Å². The van der Waals surface area contributed by atoms with Gasteiger partial charge in [0.15, 0.2) is 23.0 Å². The van der Waals surface area contributed by atoms with Crippen molar-refractivity contribution in [3.8, 4) is 67.1 Å². The summed E-state index contributed by atoms with van der Waals surface area (Å²) < 4.78 is 54.7. The maximum atomic E-state index is 14.5. The number of fused-ring (bicyclic) bond motifs is 2. The van der Waals surface area contributed by atoms with Crippen LogP contribution in [0.5, 0.6) is 46.0 Å². The average Bonchev–Trinajstić information content (AvgIpc) is 1.64. The van der Waals surface area contributed by atoms with Crippen LogP contribution in [-0.4, -0.2) is 61.5 Å². The van der Waals surface area contributed by atoms with Crippen LogP contribution in [0.25, 0.3) is 41.6 Å². The number of rotatable bonds is 90. The van der Waals surface area contributed by atoms with Crippen LogP contribution in [0.2, 0.25) is 0 Å². The first kappa shape index (κ1) is 113. The molecule has 5 aromatic carbocycles. The number of aromatic nitrogens is 2. The molecule has 0 saturated carbocycles. The van der Waals surface area contributed by atoms with Crippen molar-refractivity contribution < 1.29 is 47.5 Å². The van der Waals surface area contributed by atoms with E-state index in [1.807, 2.05) is 72.8 Å². The van der Waals surface area contributed by atoms with E-state index >= 15 is 0 Å². The fraction of sp³-hybridized carbons (Fsp3) is 0.712. The molecule has 14 heteroatoms. The molecule has 7 rings (SSSR count). The zero-order valence-corrected chi connectivity index (χ0v) is 86.7. The van der Waals surface area contributed by atoms with Gasteiger partial charge >= 0.3 is 11.9 Å². The third-order valence-corrected chi connectivity index (χ3v) is 28.7. The molecule has 0 unspecified atom stereocenters. The van der Waals surface area contributed by atoms with Crippen LogP contribution in [0.3, 0.4) is 0 Å². The van der Waals surface area contributed by atoms with Crippen molar-refractivity contribution in [2.75, 3.05) is 39.6 Å². The van der Waals surface area contributed by atoms with E-state index in [1.54, 1.807) is 22.7 Å². The molecule has 0 radical (unpaired) electrons. The molecule has 0 N–H and O–H groups in total. The molecule has 0 fully saturated rings. The Labute approximate surface area is 813 Å². The van der Waals surface area contributed by atoms with E-state index in [2.05, 4.69) is 53.7 Å². The highest BCUT2D eigenvalue weighted by atomic mass is 32.1. The van der Waals surface area contributed by atoms with E-state index in [-0.39, 0.29) is 0 Å². The topological polar surface area (TPSA) is 134 Å². The molecule has 0 aliphatic carbocycles. The average molecular weight is 1860 g/mol. The Bertz CT molecular complexity index is 3560. The number of benzene rings is 5. The van der Waals surface area contributed by atoms with E-state index in [1.165, 1.54) is 385 Å². The predicted molar refractivity (Wildman–Crippen MR) is 566 cm³/mol. The summed E-state index contributed by atoms with van der Waals surface area (Å²) in [4.78, 5) is 39.4. The number of ether oxygens (including phenoxy) is 8. The van der Waals surface area contributed by atoms with Gasteiger partial charge in [-0.05, 0) is 123 Å². The van der Waals surface area contributed by atoms with Crippen LogP contribution in [0, 0.1) is 0 Å². The molecular formula is C118H188N2O10S2. The summed E-state index contributed by atoms with van der Waals surface area (Å²) >= 11 is 3.23. The molecule has 0 amide bonds. The van der Waals surface area contributed by atoms with Crippen LogP contribution in [0.15, 0.2) is 84.9 Å². The van der Waals surface area contributed by atoms with E-state index < -0.39 is 11.9 Å². The minimum absolute atomic E-state index is 0.370. The molecule has 0 bridgehead atoms. The first-order chi connectivity index (χ1) is 65.2. The Morgan fingerprint density at radius 1 is 0.220 bits per heavy atom. The molecule has 132 heavy (non-hydrogen) atoms. The van der Waals surface area contributed by atoms with Crippen molar-refractivity contribution in [1.29, 1.82) is 0 Å². The normalized spacial score (nSPS) is 11.6. The van der Waals surface area contributed by atoms with Crippen molar-refractivity contribution in [2.45, 2.75) is 504 Å². The number of hydrogen-bond acceptors (Lipinski definition) is 14. The lowest BCUT2D eigenvalue weighted by Crippen LogP contribution is -2.12. The van der Waals surface area contributed by atoms with E-state index in [4.69, 9.17) is 47.9 Å². The predicted octanol–water partition coefficient (Wildman–Crippen LogP) is 39.2. The summed E-state index contributed by atoms with van der Waals surface area (Å²) in [6.45, 7) is 17.0. The first-order valence-electron chi connectivity index (χ1n) is 55.7. The number of thiazole rings is 2. The highest BCUT2D eigenvalue weighted by molar-refractivity contribution is 7.23. The lowest BCUT2D eigenvalue weighted by molar-refractivity contribution is 0.0724. The number of nitrogens with zero attached hydrogens (tertiary/aromatic N) is 2. The number of carbonyl (C=O) groups is 2. The van der Waals surface area contributed by atoms with Crippen LogP contribution >= 0.6 is 22.7 Å².